The molecule has 3 aromatic carbocycles. The molecule has 0 fully saturated rings. The van der Waals surface area contributed by atoms with Gasteiger partial charge in [-0.05, 0) is 49.6 Å². The third kappa shape index (κ3) is 5.02. The molecule has 1 atom stereocenters. The number of carbonyl (C=O) groups excluding carboxylic acids is 1. The van der Waals surface area contributed by atoms with Crippen LogP contribution in [0, 0.1) is 0 Å². The Morgan fingerprint density at radius 2 is 1.55 bits per heavy atom. The summed E-state index contributed by atoms with van der Waals surface area (Å²) in [5.41, 5.74) is 4.24. The van der Waals surface area contributed by atoms with E-state index in [0.29, 0.717) is 12.1 Å². The van der Waals surface area contributed by atoms with Crippen molar-refractivity contribution in [2.75, 3.05) is 6.54 Å². The van der Waals surface area contributed by atoms with Gasteiger partial charge in [-0.25, -0.2) is 4.98 Å². The summed E-state index contributed by atoms with van der Waals surface area (Å²) in [6, 6.07) is 28.6. The van der Waals surface area contributed by atoms with Crippen molar-refractivity contribution in [3.05, 3.63) is 102 Å². The first kappa shape index (κ1) is 20.9. The average molecular weight is 412 g/mol. The van der Waals surface area contributed by atoms with E-state index in [1.54, 1.807) is 0 Å². The summed E-state index contributed by atoms with van der Waals surface area (Å²) in [5.74, 6) is 1.13. The second kappa shape index (κ2) is 10.1. The van der Waals surface area contributed by atoms with Crippen LogP contribution in [0.3, 0.4) is 0 Å². The number of fused-ring (bicyclic) bond motifs is 1. The molecule has 1 unspecified atom stereocenters. The van der Waals surface area contributed by atoms with Crippen molar-refractivity contribution in [3.63, 3.8) is 0 Å². The minimum absolute atomic E-state index is 0.000853. The second-order valence-electron chi connectivity index (χ2n) is 7.91. The van der Waals surface area contributed by atoms with Crippen LogP contribution in [0.1, 0.15) is 54.0 Å². The molecule has 0 aliphatic heterocycles. The number of amides is 1. The number of hydrogen-bond donors (Lipinski definition) is 1. The quantitative estimate of drug-likeness (QED) is 0.354. The predicted octanol–water partition coefficient (Wildman–Crippen LogP) is 5.79. The second-order valence-corrected chi connectivity index (χ2v) is 7.91. The Kier molecular flexibility index (Phi) is 6.78. The molecule has 0 radical (unpaired) electrons. The summed E-state index contributed by atoms with van der Waals surface area (Å²) in [7, 11) is 0. The van der Waals surface area contributed by atoms with E-state index in [9.17, 15) is 4.79 Å². The van der Waals surface area contributed by atoms with Gasteiger partial charge in [-0.15, -0.1) is 0 Å². The average Bonchev–Trinajstić information content (AvgIpc) is 3.20. The highest BCUT2D eigenvalue weighted by atomic mass is 16.1. The van der Waals surface area contributed by atoms with Gasteiger partial charge in [-0.3, -0.25) is 4.79 Å². The normalized spacial score (nSPS) is 12.0. The van der Waals surface area contributed by atoms with E-state index in [1.807, 2.05) is 36.4 Å². The number of hydrogen-bond acceptors (Lipinski definition) is 2. The van der Waals surface area contributed by atoms with Crippen LogP contribution in [0.15, 0.2) is 84.9 Å². The molecule has 4 rings (SSSR count). The fourth-order valence-electron chi connectivity index (χ4n) is 4.06. The molecular formula is C27H29N3O. The van der Waals surface area contributed by atoms with Crippen molar-refractivity contribution in [1.29, 1.82) is 0 Å². The summed E-state index contributed by atoms with van der Waals surface area (Å²) in [5, 5.41) is 3.01. The molecule has 1 aromatic heterocycles. The van der Waals surface area contributed by atoms with Crippen molar-refractivity contribution in [2.24, 2.45) is 0 Å². The molecule has 1 N–H and O–H groups in total. The third-order valence-electron chi connectivity index (χ3n) is 5.74. The molecule has 31 heavy (non-hydrogen) atoms. The minimum atomic E-state index is -0.000853. The summed E-state index contributed by atoms with van der Waals surface area (Å²) in [6.07, 6.45) is 4.00. The van der Waals surface area contributed by atoms with Gasteiger partial charge in [-0.2, -0.15) is 0 Å². The molecule has 4 aromatic rings. The maximum Gasteiger partial charge on any atom is 0.251 e. The lowest BCUT2D eigenvalue weighted by molar-refractivity contribution is 0.0953. The van der Waals surface area contributed by atoms with E-state index in [4.69, 9.17) is 4.98 Å². The Morgan fingerprint density at radius 3 is 2.32 bits per heavy atom. The van der Waals surface area contributed by atoms with Gasteiger partial charge in [0, 0.05) is 18.5 Å². The fraction of sp³-hybridized carbons (Fsp3) is 0.259. The highest BCUT2D eigenvalue weighted by Gasteiger charge is 2.16. The number of carbonyl (C=O) groups is 1. The van der Waals surface area contributed by atoms with Crippen molar-refractivity contribution in [1.82, 2.24) is 14.9 Å². The van der Waals surface area contributed by atoms with Crippen molar-refractivity contribution < 1.29 is 4.79 Å². The molecule has 1 amide bonds. The zero-order valence-corrected chi connectivity index (χ0v) is 18.0. The molecule has 0 aliphatic rings. The van der Waals surface area contributed by atoms with Gasteiger partial charge in [0.15, 0.2) is 0 Å². The number of nitrogens with zero attached hydrogens (tertiary/aromatic N) is 2. The van der Waals surface area contributed by atoms with E-state index in [1.165, 1.54) is 11.1 Å². The van der Waals surface area contributed by atoms with Crippen LogP contribution in [0.2, 0.25) is 0 Å². The molecule has 0 aliphatic carbocycles. The lowest BCUT2D eigenvalue weighted by Crippen LogP contribution is -2.24. The topological polar surface area (TPSA) is 46.9 Å². The van der Waals surface area contributed by atoms with Crippen LogP contribution >= 0.6 is 0 Å². The zero-order chi connectivity index (χ0) is 21.5. The first-order valence-corrected chi connectivity index (χ1v) is 11.1. The molecule has 0 spiro atoms. The predicted molar refractivity (Wildman–Crippen MR) is 126 cm³/mol. The van der Waals surface area contributed by atoms with Gasteiger partial charge in [0.1, 0.15) is 5.82 Å². The molecule has 0 saturated heterocycles. The van der Waals surface area contributed by atoms with Crippen LogP contribution in [0.5, 0.6) is 0 Å². The number of nitrogens with one attached hydrogen (secondary N) is 1. The molecule has 158 valence electrons. The van der Waals surface area contributed by atoms with Gasteiger partial charge < -0.3 is 9.88 Å². The highest BCUT2D eigenvalue weighted by Crippen LogP contribution is 2.26. The van der Waals surface area contributed by atoms with E-state index < -0.39 is 0 Å². The lowest BCUT2D eigenvalue weighted by Gasteiger charge is -2.18. The number of unbranched alkanes of at least 4 members (excludes halogenated alkanes) is 2. The van der Waals surface area contributed by atoms with Crippen molar-refractivity contribution in [3.8, 4) is 0 Å². The van der Waals surface area contributed by atoms with Crippen LogP contribution in [-0.4, -0.2) is 22.0 Å². The van der Waals surface area contributed by atoms with E-state index in [2.05, 4.69) is 65.3 Å². The Bertz CT molecular complexity index is 1120. The number of aryl methyl sites for hydroxylation is 1. The molecule has 4 nitrogen and oxygen atoms in total. The van der Waals surface area contributed by atoms with Gasteiger partial charge in [0.25, 0.3) is 5.91 Å². The Balaban J connectivity index is 1.36. The van der Waals surface area contributed by atoms with Gasteiger partial charge in [0.05, 0.1) is 17.1 Å². The van der Waals surface area contributed by atoms with Crippen LogP contribution in [0.4, 0.5) is 0 Å². The molecule has 1 heterocycles. The maximum absolute atomic E-state index is 12.1. The van der Waals surface area contributed by atoms with Gasteiger partial charge in [-0.1, -0.05) is 67.1 Å². The number of aromatic nitrogens is 2. The summed E-state index contributed by atoms with van der Waals surface area (Å²) in [6.45, 7) is 2.94. The van der Waals surface area contributed by atoms with E-state index >= 15 is 0 Å². The highest BCUT2D eigenvalue weighted by molar-refractivity contribution is 5.94. The van der Waals surface area contributed by atoms with E-state index in [-0.39, 0.29) is 11.9 Å². The maximum atomic E-state index is 12.1. The first-order chi connectivity index (χ1) is 15.2. The van der Waals surface area contributed by atoms with Gasteiger partial charge in [0.2, 0.25) is 0 Å². The molecule has 0 saturated carbocycles. The van der Waals surface area contributed by atoms with Crippen LogP contribution in [-0.2, 0) is 6.42 Å². The van der Waals surface area contributed by atoms with Gasteiger partial charge >= 0.3 is 0 Å². The Hall–Kier alpha value is -3.40. The fourth-order valence-corrected chi connectivity index (χ4v) is 4.06. The largest absolute Gasteiger partial charge is 0.352 e. The number of benzene rings is 3. The minimum Gasteiger partial charge on any atom is -0.352 e. The van der Waals surface area contributed by atoms with Crippen LogP contribution in [0.25, 0.3) is 11.0 Å². The van der Waals surface area contributed by atoms with Crippen molar-refractivity contribution in [2.45, 2.75) is 38.6 Å². The Labute approximate surface area is 183 Å². The smallest absolute Gasteiger partial charge is 0.251 e. The van der Waals surface area contributed by atoms with Crippen LogP contribution < -0.4 is 5.32 Å². The number of para-hydroxylation sites is 2. The third-order valence-corrected chi connectivity index (χ3v) is 5.74. The molecule has 0 bridgehead atoms. The number of imidazole rings is 1. The Morgan fingerprint density at radius 1 is 0.871 bits per heavy atom. The first-order valence-electron chi connectivity index (χ1n) is 11.1. The summed E-state index contributed by atoms with van der Waals surface area (Å²) >= 11 is 0. The SMILES string of the molecule is CC(c1ccccc1)n1c(CCCCCNC(=O)c2ccccc2)nc2ccccc21. The molecular weight excluding hydrogens is 382 g/mol. The standard InChI is InChI=1S/C27H29N3O/c1-21(22-13-5-2-6-14-22)30-25-18-11-10-17-24(25)29-26(30)19-9-4-12-20-28-27(31)23-15-7-3-8-16-23/h2-3,5-8,10-11,13-18,21H,4,9,12,19-20H2,1H3,(H,28,31). The summed E-state index contributed by atoms with van der Waals surface area (Å²) < 4.78 is 2.38. The van der Waals surface area contributed by atoms with Crippen molar-refractivity contribution >= 4 is 16.9 Å². The van der Waals surface area contributed by atoms with E-state index in [0.717, 1.165) is 37.0 Å². The monoisotopic (exact) mass is 411 g/mol. The summed E-state index contributed by atoms with van der Waals surface area (Å²) in [4.78, 5) is 17.1. The zero-order valence-electron chi connectivity index (χ0n) is 18.0. The lowest BCUT2D eigenvalue weighted by atomic mass is 10.1. The number of rotatable bonds is 9. The molecule has 4 heteroatoms.